The van der Waals surface area contributed by atoms with Crippen molar-refractivity contribution >= 4 is 22.5 Å². The summed E-state index contributed by atoms with van der Waals surface area (Å²) < 4.78 is 13.5. The summed E-state index contributed by atoms with van der Waals surface area (Å²) in [6.45, 7) is 1.89. The fourth-order valence-electron chi connectivity index (χ4n) is 1.71. The van der Waals surface area contributed by atoms with E-state index in [0.29, 0.717) is 5.13 Å². The lowest BCUT2D eigenvalue weighted by Crippen LogP contribution is -2.32. The molecule has 1 aromatic heterocycles. The number of nitrogens with zero attached hydrogens (tertiary/aromatic N) is 1. The van der Waals surface area contributed by atoms with Crippen LogP contribution < -0.4 is 10.6 Å². The number of thiazole rings is 1. The average molecular weight is 309 g/mol. The van der Waals surface area contributed by atoms with Crippen LogP contribution in [0.2, 0.25) is 0 Å². The number of hydrogen-bond acceptors (Lipinski definition) is 4. The van der Waals surface area contributed by atoms with Crippen molar-refractivity contribution in [2.24, 2.45) is 0 Å². The highest BCUT2D eigenvalue weighted by molar-refractivity contribution is 7.13. The second kappa shape index (κ2) is 7.14. The van der Waals surface area contributed by atoms with Gasteiger partial charge in [-0.05, 0) is 12.5 Å². The molecule has 2 aromatic rings. The summed E-state index contributed by atoms with van der Waals surface area (Å²) in [5.41, 5.74) is 1.06. The van der Waals surface area contributed by atoms with E-state index in [-0.39, 0.29) is 12.1 Å². The van der Waals surface area contributed by atoms with Gasteiger partial charge in [0.1, 0.15) is 5.82 Å². The highest BCUT2D eigenvalue weighted by atomic mass is 32.1. The number of rotatable bonds is 5. The van der Waals surface area contributed by atoms with E-state index in [0.717, 1.165) is 12.1 Å². The molecule has 0 radical (unpaired) electrons. The molecule has 0 saturated carbocycles. The molecule has 0 aliphatic heterocycles. The number of carbonyl (C=O) groups excluding carboxylic acids is 1. The van der Waals surface area contributed by atoms with Crippen molar-refractivity contribution in [3.05, 3.63) is 46.7 Å². The largest absolute Gasteiger partial charge is 0.386 e. The number of amides is 2. The first kappa shape index (κ1) is 15.4. The molecular weight excluding hydrogens is 293 g/mol. The van der Waals surface area contributed by atoms with Gasteiger partial charge in [0.25, 0.3) is 0 Å². The molecule has 0 spiro atoms. The molecule has 0 fully saturated rings. The number of hydrogen-bond donors (Lipinski definition) is 3. The maximum absolute atomic E-state index is 13.5. The minimum Gasteiger partial charge on any atom is -0.386 e. The lowest BCUT2D eigenvalue weighted by molar-refractivity contribution is 0.170. The molecule has 1 unspecified atom stereocenters. The van der Waals surface area contributed by atoms with E-state index in [1.54, 1.807) is 12.1 Å². The van der Waals surface area contributed by atoms with E-state index in [1.165, 1.54) is 23.5 Å². The fraction of sp³-hybridized carbons (Fsp3) is 0.286. The number of aryl methyl sites for hydroxylation is 1. The maximum Gasteiger partial charge on any atom is 0.321 e. The Morgan fingerprint density at radius 1 is 1.48 bits per heavy atom. The predicted octanol–water partition coefficient (Wildman–Crippen LogP) is 2.70. The molecule has 1 heterocycles. The highest BCUT2D eigenvalue weighted by Crippen LogP contribution is 2.17. The molecule has 7 heteroatoms. The summed E-state index contributed by atoms with van der Waals surface area (Å²) in [4.78, 5) is 15.9. The van der Waals surface area contributed by atoms with Gasteiger partial charge in [-0.1, -0.05) is 25.1 Å². The zero-order chi connectivity index (χ0) is 15.2. The number of urea groups is 1. The number of aromatic nitrogens is 1. The number of aliphatic hydroxyl groups excluding tert-OH is 1. The Labute approximate surface area is 125 Å². The standard InChI is InChI=1S/C14H16FN3O2S/c1-2-9-8-21-14(17-9)18-13(20)16-7-12(19)10-5-3-4-6-11(10)15/h3-6,8,12,19H,2,7H2,1H3,(H2,16,17,18,20). The summed E-state index contributed by atoms with van der Waals surface area (Å²) in [6, 6.07) is 5.43. The molecule has 2 amide bonds. The van der Waals surface area contributed by atoms with Crippen LogP contribution in [-0.2, 0) is 6.42 Å². The van der Waals surface area contributed by atoms with Crippen molar-refractivity contribution in [3.8, 4) is 0 Å². The first-order valence-electron chi connectivity index (χ1n) is 6.52. The Bertz CT molecular complexity index is 618. The Balaban J connectivity index is 1.85. The molecular formula is C14H16FN3O2S. The van der Waals surface area contributed by atoms with Gasteiger partial charge in [0, 0.05) is 17.5 Å². The van der Waals surface area contributed by atoms with Crippen molar-refractivity contribution in [3.63, 3.8) is 0 Å². The summed E-state index contributed by atoms with van der Waals surface area (Å²) in [5.74, 6) is -0.500. The lowest BCUT2D eigenvalue weighted by atomic mass is 10.1. The van der Waals surface area contributed by atoms with Crippen molar-refractivity contribution in [2.75, 3.05) is 11.9 Å². The predicted molar refractivity (Wildman–Crippen MR) is 79.9 cm³/mol. The zero-order valence-electron chi connectivity index (χ0n) is 11.5. The highest BCUT2D eigenvalue weighted by Gasteiger charge is 2.13. The van der Waals surface area contributed by atoms with E-state index in [9.17, 15) is 14.3 Å². The lowest BCUT2D eigenvalue weighted by Gasteiger charge is -2.12. The maximum atomic E-state index is 13.5. The van der Waals surface area contributed by atoms with Gasteiger partial charge >= 0.3 is 6.03 Å². The molecule has 5 nitrogen and oxygen atoms in total. The van der Waals surface area contributed by atoms with Crippen molar-refractivity contribution in [1.29, 1.82) is 0 Å². The summed E-state index contributed by atoms with van der Waals surface area (Å²) in [5, 5.41) is 17.3. The van der Waals surface area contributed by atoms with Crippen LogP contribution in [0.25, 0.3) is 0 Å². The number of halogens is 1. The molecule has 0 aliphatic carbocycles. The first-order valence-corrected chi connectivity index (χ1v) is 7.40. The van der Waals surface area contributed by atoms with Crippen molar-refractivity contribution < 1.29 is 14.3 Å². The van der Waals surface area contributed by atoms with Crippen LogP contribution in [0.1, 0.15) is 24.3 Å². The van der Waals surface area contributed by atoms with Gasteiger partial charge in [-0.15, -0.1) is 11.3 Å². The molecule has 0 saturated heterocycles. The Hall–Kier alpha value is -1.99. The van der Waals surface area contributed by atoms with Crippen LogP contribution in [0.4, 0.5) is 14.3 Å². The van der Waals surface area contributed by atoms with Crippen molar-refractivity contribution in [1.82, 2.24) is 10.3 Å². The topological polar surface area (TPSA) is 74.2 Å². The number of aliphatic hydroxyl groups is 1. The van der Waals surface area contributed by atoms with Gasteiger partial charge in [0.2, 0.25) is 0 Å². The van der Waals surface area contributed by atoms with Gasteiger partial charge < -0.3 is 10.4 Å². The van der Waals surface area contributed by atoms with E-state index in [4.69, 9.17) is 0 Å². The molecule has 112 valence electrons. The Morgan fingerprint density at radius 2 is 2.24 bits per heavy atom. The van der Waals surface area contributed by atoms with Crippen molar-refractivity contribution in [2.45, 2.75) is 19.4 Å². The Kier molecular flexibility index (Phi) is 5.24. The van der Waals surface area contributed by atoms with Crippen LogP contribution in [0.5, 0.6) is 0 Å². The Morgan fingerprint density at radius 3 is 2.90 bits per heavy atom. The van der Waals surface area contributed by atoms with Gasteiger partial charge in [-0.2, -0.15) is 0 Å². The van der Waals surface area contributed by atoms with Gasteiger partial charge in [-0.3, -0.25) is 5.32 Å². The van der Waals surface area contributed by atoms with Crippen LogP contribution >= 0.6 is 11.3 Å². The van der Waals surface area contributed by atoms with E-state index in [2.05, 4.69) is 15.6 Å². The normalized spacial score (nSPS) is 12.0. The van der Waals surface area contributed by atoms with E-state index in [1.807, 2.05) is 12.3 Å². The minimum absolute atomic E-state index is 0.0845. The summed E-state index contributed by atoms with van der Waals surface area (Å²) in [6.07, 6.45) is -0.300. The second-order valence-electron chi connectivity index (χ2n) is 4.37. The minimum atomic E-state index is -1.10. The molecule has 3 N–H and O–H groups in total. The summed E-state index contributed by atoms with van der Waals surface area (Å²) in [7, 11) is 0. The fourth-order valence-corrected chi connectivity index (χ4v) is 2.50. The third-order valence-electron chi connectivity index (χ3n) is 2.85. The molecule has 0 aliphatic rings. The molecule has 1 aromatic carbocycles. The third kappa shape index (κ3) is 4.24. The van der Waals surface area contributed by atoms with E-state index >= 15 is 0 Å². The number of carbonyl (C=O) groups is 1. The molecule has 0 bridgehead atoms. The average Bonchev–Trinajstić information content (AvgIpc) is 2.93. The SMILES string of the molecule is CCc1csc(NC(=O)NCC(O)c2ccccc2F)n1. The van der Waals surface area contributed by atoms with Crippen LogP contribution in [-0.4, -0.2) is 22.7 Å². The monoisotopic (exact) mass is 309 g/mol. The molecule has 2 rings (SSSR count). The van der Waals surface area contributed by atoms with Crippen LogP contribution in [0.15, 0.2) is 29.6 Å². The molecule has 21 heavy (non-hydrogen) atoms. The van der Waals surface area contributed by atoms with E-state index < -0.39 is 18.0 Å². The quantitative estimate of drug-likeness (QED) is 0.795. The number of anilines is 1. The first-order chi connectivity index (χ1) is 10.1. The second-order valence-corrected chi connectivity index (χ2v) is 5.23. The smallest absolute Gasteiger partial charge is 0.321 e. The van der Waals surface area contributed by atoms with Gasteiger partial charge in [-0.25, -0.2) is 14.2 Å². The van der Waals surface area contributed by atoms with Crippen LogP contribution in [0, 0.1) is 5.82 Å². The van der Waals surface area contributed by atoms with Gasteiger partial charge in [0.15, 0.2) is 5.13 Å². The number of benzene rings is 1. The molecule has 1 atom stereocenters. The summed E-state index contributed by atoms with van der Waals surface area (Å²) >= 11 is 1.33. The van der Waals surface area contributed by atoms with Gasteiger partial charge in [0.05, 0.1) is 11.8 Å². The number of nitrogens with one attached hydrogen (secondary N) is 2. The third-order valence-corrected chi connectivity index (χ3v) is 3.66. The van der Waals surface area contributed by atoms with Crippen LogP contribution in [0.3, 0.4) is 0 Å². The zero-order valence-corrected chi connectivity index (χ0v) is 12.3.